The average molecular weight is 273 g/mol. The van der Waals surface area contributed by atoms with Gasteiger partial charge in [0.05, 0.1) is 0 Å². The van der Waals surface area contributed by atoms with Crippen molar-refractivity contribution >= 4 is 11.8 Å². The highest BCUT2D eigenvalue weighted by Gasteiger charge is 2.08. The van der Waals surface area contributed by atoms with Gasteiger partial charge in [-0.1, -0.05) is 20.8 Å². The minimum atomic E-state index is -0.528. The predicted octanol–water partition coefficient (Wildman–Crippen LogP) is 4.08. The Balaban J connectivity index is 2.18. The molecule has 4 heteroatoms. The van der Waals surface area contributed by atoms with Crippen LogP contribution in [0, 0.1) is 17.0 Å². The van der Waals surface area contributed by atoms with Crippen LogP contribution in [0.1, 0.15) is 27.2 Å². The highest BCUT2D eigenvalue weighted by molar-refractivity contribution is 7.99. The third-order valence-electron chi connectivity index (χ3n) is 2.48. The molecule has 1 aromatic rings. The van der Waals surface area contributed by atoms with Crippen LogP contribution in [0.15, 0.2) is 23.1 Å². The zero-order chi connectivity index (χ0) is 13.6. The first kappa shape index (κ1) is 15.4. The maximum Gasteiger partial charge on any atom is 0.139 e. The van der Waals surface area contributed by atoms with Gasteiger partial charge >= 0.3 is 0 Å². The maximum atomic E-state index is 13.3. The molecule has 0 saturated heterocycles. The van der Waals surface area contributed by atoms with Gasteiger partial charge in [-0.15, -0.1) is 11.8 Å². The molecule has 0 radical (unpaired) electrons. The van der Waals surface area contributed by atoms with Crippen molar-refractivity contribution in [1.82, 2.24) is 5.32 Å². The number of rotatable bonds is 6. The molecule has 0 aliphatic heterocycles. The van der Waals surface area contributed by atoms with E-state index in [2.05, 4.69) is 26.1 Å². The van der Waals surface area contributed by atoms with E-state index >= 15 is 0 Å². The second-order valence-corrected chi connectivity index (χ2v) is 6.62. The van der Waals surface area contributed by atoms with Crippen LogP contribution in [0.2, 0.25) is 0 Å². The highest BCUT2D eigenvalue weighted by Crippen LogP contribution is 2.22. The molecule has 1 rings (SSSR count). The van der Waals surface area contributed by atoms with Crippen molar-refractivity contribution in [2.75, 3.05) is 18.8 Å². The first-order valence-corrected chi connectivity index (χ1v) is 7.16. The zero-order valence-electron chi connectivity index (χ0n) is 11.2. The molecule has 1 N–H and O–H groups in total. The van der Waals surface area contributed by atoms with Crippen LogP contribution in [-0.4, -0.2) is 18.8 Å². The first-order valence-electron chi connectivity index (χ1n) is 6.17. The van der Waals surface area contributed by atoms with E-state index in [1.165, 1.54) is 23.9 Å². The van der Waals surface area contributed by atoms with E-state index in [1.54, 1.807) is 0 Å². The molecule has 0 heterocycles. The van der Waals surface area contributed by atoms with Gasteiger partial charge in [0.25, 0.3) is 0 Å². The number of hydrogen-bond acceptors (Lipinski definition) is 2. The van der Waals surface area contributed by atoms with Gasteiger partial charge in [0.15, 0.2) is 0 Å². The Bertz CT molecular complexity index is 375. The van der Waals surface area contributed by atoms with Gasteiger partial charge in [0, 0.05) is 23.3 Å². The van der Waals surface area contributed by atoms with E-state index in [4.69, 9.17) is 0 Å². The van der Waals surface area contributed by atoms with Crippen LogP contribution in [0.4, 0.5) is 8.78 Å². The quantitative estimate of drug-likeness (QED) is 0.619. The Kier molecular flexibility index (Phi) is 6.09. The molecule has 0 saturated carbocycles. The summed E-state index contributed by atoms with van der Waals surface area (Å²) in [6.45, 7) is 8.42. The van der Waals surface area contributed by atoms with Gasteiger partial charge in [-0.2, -0.15) is 0 Å². The van der Waals surface area contributed by atoms with Gasteiger partial charge in [0.1, 0.15) is 11.6 Å². The summed E-state index contributed by atoms with van der Waals surface area (Å²) in [6.07, 6.45) is 1.11. The lowest BCUT2D eigenvalue weighted by Gasteiger charge is -2.17. The van der Waals surface area contributed by atoms with E-state index in [9.17, 15) is 8.78 Å². The third-order valence-corrected chi connectivity index (χ3v) is 3.53. The van der Waals surface area contributed by atoms with Crippen LogP contribution in [0.3, 0.4) is 0 Å². The van der Waals surface area contributed by atoms with Crippen LogP contribution in [0.5, 0.6) is 0 Å². The van der Waals surface area contributed by atoms with Gasteiger partial charge in [-0.25, -0.2) is 8.78 Å². The smallest absolute Gasteiger partial charge is 0.139 e. The monoisotopic (exact) mass is 273 g/mol. The lowest BCUT2D eigenvalue weighted by molar-refractivity contribution is 0.369. The number of nitrogens with one attached hydrogen (secondary N) is 1. The Morgan fingerprint density at radius 2 is 1.89 bits per heavy atom. The normalized spacial score (nSPS) is 11.8. The molecule has 0 aromatic heterocycles. The number of halogens is 2. The summed E-state index contributed by atoms with van der Waals surface area (Å²) in [7, 11) is 0. The van der Waals surface area contributed by atoms with Crippen molar-refractivity contribution < 1.29 is 8.78 Å². The summed E-state index contributed by atoms with van der Waals surface area (Å²) in [5.41, 5.74) is 0.337. The molecule has 0 aliphatic carbocycles. The summed E-state index contributed by atoms with van der Waals surface area (Å²) >= 11 is 1.41. The minimum Gasteiger partial charge on any atom is -0.316 e. The van der Waals surface area contributed by atoms with E-state index in [1.807, 2.05) is 0 Å². The predicted molar refractivity (Wildman–Crippen MR) is 74.0 cm³/mol. The summed E-state index contributed by atoms with van der Waals surface area (Å²) in [5.74, 6) is -0.220. The van der Waals surface area contributed by atoms with Crippen molar-refractivity contribution in [3.63, 3.8) is 0 Å². The first-order chi connectivity index (χ1) is 8.38. The van der Waals surface area contributed by atoms with E-state index in [-0.39, 0.29) is 0 Å². The van der Waals surface area contributed by atoms with Gasteiger partial charge in [-0.3, -0.25) is 0 Å². The minimum absolute atomic E-state index is 0.337. The maximum absolute atomic E-state index is 13.3. The van der Waals surface area contributed by atoms with Crippen LogP contribution >= 0.6 is 11.8 Å². The van der Waals surface area contributed by atoms with Crippen LogP contribution in [0.25, 0.3) is 0 Å². The van der Waals surface area contributed by atoms with Crippen molar-refractivity contribution in [1.29, 1.82) is 0 Å². The van der Waals surface area contributed by atoms with E-state index < -0.39 is 11.6 Å². The number of thioether (sulfide) groups is 1. The van der Waals surface area contributed by atoms with Crippen LogP contribution in [-0.2, 0) is 0 Å². The highest BCUT2D eigenvalue weighted by atomic mass is 32.2. The second kappa shape index (κ2) is 7.10. The van der Waals surface area contributed by atoms with Gasteiger partial charge in [0.2, 0.25) is 0 Å². The van der Waals surface area contributed by atoms with Gasteiger partial charge in [-0.05, 0) is 30.5 Å². The SMILES string of the molecule is CC(C)(C)CCNCCSc1ccc(F)cc1F. The molecule has 0 fully saturated rings. The largest absolute Gasteiger partial charge is 0.316 e. The second-order valence-electron chi connectivity index (χ2n) is 5.48. The summed E-state index contributed by atoms with van der Waals surface area (Å²) in [4.78, 5) is 0.508. The molecule has 0 atom stereocenters. The molecule has 102 valence electrons. The topological polar surface area (TPSA) is 12.0 Å². The van der Waals surface area contributed by atoms with Crippen molar-refractivity contribution in [2.45, 2.75) is 32.1 Å². The summed E-state index contributed by atoms with van der Waals surface area (Å²) in [6, 6.07) is 3.71. The average Bonchev–Trinajstić information content (AvgIpc) is 2.24. The number of hydrogen-bond donors (Lipinski definition) is 1. The Labute approximate surface area is 112 Å². The molecule has 1 aromatic carbocycles. The lowest BCUT2D eigenvalue weighted by atomic mass is 9.92. The molecular weight excluding hydrogens is 252 g/mol. The molecule has 0 amide bonds. The summed E-state index contributed by atoms with van der Waals surface area (Å²) < 4.78 is 26.0. The zero-order valence-corrected chi connectivity index (χ0v) is 12.0. The fourth-order valence-corrected chi connectivity index (χ4v) is 2.24. The van der Waals surface area contributed by atoms with Crippen molar-refractivity contribution in [3.05, 3.63) is 29.8 Å². The standard InChI is InChI=1S/C14H21F2NS/c1-14(2,3)6-7-17-8-9-18-13-5-4-11(15)10-12(13)16/h4-5,10,17H,6-9H2,1-3H3. The fraction of sp³-hybridized carbons (Fsp3) is 0.571. The third kappa shape index (κ3) is 6.36. The van der Waals surface area contributed by atoms with Crippen LogP contribution < -0.4 is 5.32 Å². The van der Waals surface area contributed by atoms with Gasteiger partial charge < -0.3 is 5.32 Å². The van der Waals surface area contributed by atoms with Crippen molar-refractivity contribution in [3.8, 4) is 0 Å². The molecule has 0 unspecified atom stereocenters. The Hall–Kier alpha value is -0.610. The Morgan fingerprint density at radius 3 is 2.50 bits per heavy atom. The fourth-order valence-electron chi connectivity index (χ4n) is 1.41. The summed E-state index contributed by atoms with van der Waals surface area (Å²) in [5, 5.41) is 3.33. The molecular formula is C14H21F2NS. The van der Waals surface area contributed by atoms with E-state index in [0.29, 0.717) is 10.3 Å². The molecule has 0 spiro atoms. The Morgan fingerprint density at radius 1 is 1.17 bits per heavy atom. The molecule has 1 nitrogen and oxygen atoms in total. The molecule has 0 aliphatic rings. The van der Waals surface area contributed by atoms with E-state index in [0.717, 1.165) is 31.3 Å². The molecule has 0 bridgehead atoms. The molecule has 18 heavy (non-hydrogen) atoms. The van der Waals surface area contributed by atoms with Crippen molar-refractivity contribution in [2.24, 2.45) is 5.41 Å². The lowest BCUT2D eigenvalue weighted by Crippen LogP contribution is -2.22. The number of benzene rings is 1.